The van der Waals surface area contributed by atoms with Crippen molar-refractivity contribution in [3.05, 3.63) is 42.0 Å². The number of aliphatic hydroxyl groups is 1. The van der Waals surface area contributed by atoms with Crippen molar-refractivity contribution < 1.29 is 46.2 Å². The van der Waals surface area contributed by atoms with E-state index in [-0.39, 0.29) is 19.0 Å². The van der Waals surface area contributed by atoms with Gasteiger partial charge >= 0.3 is 0 Å². The standard InChI is InChI=1S/C24H33N3O6.ClH/c1-29-21-8-6-5-7-20(21)27-11-9-26(10-12-27)16-19(28)17-33-25-15-18-13-22(30-2)24(32-4)23(14-18)31-3;/h5-8,13-15,19,28H,9-12,16-17H2,1-4H3;1H/b25-15+;. The Bertz CT molecular complexity index is 896. The highest BCUT2D eigenvalue weighted by molar-refractivity contribution is 5.82. The Labute approximate surface area is 207 Å². The Morgan fingerprint density at radius 2 is 1.59 bits per heavy atom. The number of nitrogens with zero attached hydrogens (tertiary/aromatic N) is 2. The van der Waals surface area contributed by atoms with Crippen LogP contribution in [0, 0.1) is 0 Å². The van der Waals surface area contributed by atoms with Crippen molar-refractivity contribution in [1.29, 1.82) is 0 Å². The van der Waals surface area contributed by atoms with E-state index >= 15 is 0 Å². The Kier molecular flexibility index (Phi) is 11.1. The summed E-state index contributed by atoms with van der Waals surface area (Å²) in [4.78, 5) is 9.00. The number of nitrogens with one attached hydrogen (secondary N) is 1. The van der Waals surface area contributed by atoms with Gasteiger partial charge in [0.1, 0.15) is 25.0 Å². The zero-order valence-electron chi connectivity index (χ0n) is 20.1. The molecule has 0 spiro atoms. The summed E-state index contributed by atoms with van der Waals surface area (Å²) >= 11 is 0. The molecule has 1 fully saturated rings. The predicted molar refractivity (Wildman–Crippen MR) is 126 cm³/mol. The zero-order valence-corrected chi connectivity index (χ0v) is 20.9. The van der Waals surface area contributed by atoms with Crippen LogP contribution in [0.2, 0.25) is 0 Å². The summed E-state index contributed by atoms with van der Waals surface area (Å²) in [5, 5.41) is 14.4. The number of rotatable bonds is 11. The van der Waals surface area contributed by atoms with E-state index in [2.05, 4.69) is 16.1 Å². The summed E-state index contributed by atoms with van der Waals surface area (Å²) in [5.74, 6) is 2.48. The third-order valence-electron chi connectivity index (χ3n) is 5.65. The molecule has 1 aliphatic rings. The van der Waals surface area contributed by atoms with Gasteiger partial charge in [-0.1, -0.05) is 17.3 Å². The lowest BCUT2D eigenvalue weighted by Gasteiger charge is -2.34. The first-order valence-corrected chi connectivity index (χ1v) is 10.9. The van der Waals surface area contributed by atoms with Crippen LogP contribution in [0.1, 0.15) is 5.56 Å². The molecule has 1 heterocycles. The molecular formula is C24H34ClN3O6. The Balaban J connectivity index is 0.00000408. The number of quaternary nitrogens is 1. The van der Waals surface area contributed by atoms with Gasteiger partial charge in [0.05, 0.1) is 66.5 Å². The second kappa shape index (κ2) is 13.7. The van der Waals surface area contributed by atoms with Gasteiger partial charge in [0.25, 0.3) is 0 Å². The second-order valence-electron chi connectivity index (χ2n) is 7.76. The molecule has 2 N–H and O–H groups in total. The molecule has 188 valence electrons. The van der Waals surface area contributed by atoms with Crippen LogP contribution in [0.5, 0.6) is 23.0 Å². The summed E-state index contributed by atoms with van der Waals surface area (Å²) in [6.07, 6.45) is 0.950. The summed E-state index contributed by atoms with van der Waals surface area (Å²) in [6.45, 7) is 4.42. The fourth-order valence-electron chi connectivity index (χ4n) is 3.95. The molecule has 1 atom stereocenters. The van der Waals surface area contributed by atoms with Crippen LogP contribution in [-0.2, 0) is 4.84 Å². The first kappa shape index (κ1) is 27.4. The zero-order chi connectivity index (χ0) is 23.6. The van der Waals surface area contributed by atoms with Crippen molar-refractivity contribution in [2.75, 3.05) is 72.7 Å². The van der Waals surface area contributed by atoms with Crippen LogP contribution in [-0.4, -0.2) is 85.2 Å². The third kappa shape index (κ3) is 7.06. The highest BCUT2D eigenvalue weighted by atomic mass is 35.5. The molecule has 0 radical (unpaired) electrons. The maximum atomic E-state index is 10.4. The Hall–Kier alpha value is -2.88. The monoisotopic (exact) mass is 495 g/mol. The van der Waals surface area contributed by atoms with Crippen LogP contribution in [0.15, 0.2) is 41.6 Å². The summed E-state index contributed by atoms with van der Waals surface area (Å²) in [5.41, 5.74) is 1.85. The SMILES string of the molecule is COc1ccccc1N1CC[NH+](CC(O)CO/N=C/c2cc(OC)c(OC)c(OC)c2)CC1.[Cl-]. The van der Waals surface area contributed by atoms with Crippen LogP contribution < -0.4 is 41.2 Å². The van der Waals surface area contributed by atoms with Crippen molar-refractivity contribution in [2.24, 2.45) is 5.16 Å². The molecule has 1 unspecified atom stereocenters. The molecule has 0 aromatic heterocycles. The lowest BCUT2D eigenvalue weighted by Crippen LogP contribution is -3.16. The van der Waals surface area contributed by atoms with Gasteiger partial charge in [-0.3, -0.25) is 0 Å². The molecule has 1 aliphatic heterocycles. The number of halogens is 1. The first-order valence-electron chi connectivity index (χ1n) is 10.9. The third-order valence-corrected chi connectivity index (χ3v) is 5.65. The molecule has 34 heavy (non-hydrogen) atoms. The fourth-order valence-corrected chi connectivity index (χ4v) is 3.95. The van der Waals surface area contributed by atoms with E-state index in [0.717, 1.165) is 43.2 Å². The summed E-state index contributed by atoms with van der Waals surface area (Å²) in [6, 6.07) is 11.6. The minimum absolute atomic E-state index is 0. The lowest BCUT2D eigenvalue weighted by molar-refractivity contribution is -0.903. The van der Waals surface area contributed by atoms with E-state index in [1.54, 1.807) is 46.8 Å². The van der Waals surface area contributed by atoms with E-state index in [1.165, 1.54) is 4.90 Å². The van der Waals surface area contributed by atoms with E-state index < -0.39 is 6.10 Å². The molecular weight excluding hydrogens is 462 g/mol. The number of aliphatic hydroxyl groups excluding tert-OH is 1. The number of hydrogen-bond donors (Lipinski definition) is 2. The summed E-state index contributed by atoms with van der Waals surface area (Å²) < 4.78 is 21.5. The van der Waals surface area contributed by atoms with Gasteiger partial charge in [0, 0.05) is 5.56 Å². The number of anilines is 1. The van der Waals surface area contributed by atoms with Crippen LogP contribution >= 0.6 is 0 Å². The normalized spacial score (nSPS) is 14.9. The summed E-state index contributed by atoms with van der Waals surface area (Å²) in [7, 11) is 6.37. The minimum Gasteiger partial charge on any atom is -1.00 e. The van der Waals surface area contributed by atoms with Gasteiger partial charge in [0.2, 0.25) is 5.75 Å². The molecule has 10 heteroatoms. The molecule has 3 rings (SSSR count). The van der Waals surface area contributed by atoms with E-state index in [9.17, 15) is 5.11 Å². The number of methoxy groups -OCH3 is 4. The molecule has 0 aliphatic carbocycles. The maximum absolute atomic E-state index is 10.4. The smallest absolute Gasteiger partial charge is 0.203 e. The van der Waals surface area contributed by atoms with Gasteiger partial charge < -0.3 is 51.1 Å². The number of piperazine rings is 1. The largest absolute Gasteiger partial charge is 1.00 e. The lowest BCUT2D eigenvalue weighted by atomic mass is 10.2. The topological polar surface area (TPSA) is 86.4 Å². The minimum atomic E-state index is -0.602. The number of oxime groups is 1. The van der Waals surface area contributed by atoms with Gasteiger partial charge in [-0.05, 0) is 24.3 Å². The van der Waals surface area contributed by atoms with Crippen molar-refractivity contribution in [1.82, 2.24) is 0 Å². The quantitative estimate of drug-likeness (QED) is 0.271. The molecule has 2 aromatic carbocycles. The van der Waals surface area contributed by atoms with Crippen LogP contribution in [0.4, 0.5) is 5.69 Å². The Morgan fingerprint density at radius 3 is 2.18 bits per heavy atom. The number of benzene rings is 2. The molecule has 0 saturated carbocycles. The second-order valence-corrected chi connectivity index (χ2v) is 7.76. The highest BCUT2D eigenvalue weighted by Crippen LogP contribution is 2.37. The van der Waals surface area contributed by atoms with Gasteiger partial charge in [-0.15, -0.1) is 0 Å². The fraction of sp³-hybridized carbons (Fsp3) is 0.458. The molecule has 2 aromatic rings. The average Bonchev–Trinajstić information content (AvgIpc) is 2.86. The van der Waals surface area contributed by atoms with E-state index in [1.807, 2.05) is 18.2 Å². The van der Waals surface area contributed by atoms with Crippen molar-refractivity contribution in [3.63, 3.8) is 0 Å². The van der Waals surface area contributed by atoms with Crippen molar-refractivity contribution in [3.8, 4) is 23.0 Å². The number of ether oxygens (including phenoxy) is 4. The van der Waals surface area contributed by atoms with Crippen molar-refractivity contribution in [2.45, 2.75) is 6.10 Å². The number of para-hydroxylation sites is 2. The highest BCUT2D eigenvalue weighted by Gasteiger charge is 2.24. The van der Waals surface area contributed by atoms with Gasteiger partial charge in [-0.2, -0.15) is 0 Å². The number of hydrogen-bond acceptors (Lipinski definition) is 8. The van der Waals surface area contributed by atoms with E-state index in [4.69, 9.17) is 23.8 Å². The molecule has 1 saturated heterocycles. The van der Waals surface area contributed by atoms with Crippen LogP contribution in [0.3, 0.4) is 0 Å². The maximum Gasteiger partial charge on any atom is 0.203 e. The first-order chi connectivity index (χ1) is 16.1. The average molecular weight is 496 g/mol. The van der Waals surface area contributed by atoms with E-state index in [0.29, 0.717) is 23.8 Å². The Morgan fingerprint density at radius 1 is 0.971 bits per heavy atom. The molecule has 9 nitrogen and oxygen atoms in total. The van der Waals surface area contributed by atoms with Gasteiger partial charge in [0.15, 0.2) is 11.5 Å². The van der Waals surface area contributed by atoms with Crippen molar-refractivity contribution >= 4 is 11.9 Å². The molecule has 0 amide bonds. The van der Waals surface area contributed by atoms with Crippen LogP contribution in [0.25, 0.3) is 0 Å². The predicted octanol–water partition coefficient (Wildman–Crippen LogP) is -2.16. The molecule has 0 bridgehead atoms. The van der Waals surface area contributed by atoms with Gasteiger partial charge in [-0.25, -0.2) is 0 Å².